The van der Waals surface area contributed by atoms with E-state index in [4.69, 9.17) is 0 Å². The first-order valence-electron chi connectivity index (χ1n) is 5.41. The van der Waals surface area contributed by atoms with Gasteiger partial charge in [-0.25, -0.2) is 9.97 Å². The molecule has 1 unspecified atom stereocenters. The molecule has 0 spiro atoms. The largest absolute Gasteiger partial charge is 0.354 e. The zero-order valence-corrected chi connectivity index (χ0v) is 10.7. The number of thioether (sulfide) groups is 1. The van der Waals surface area contributed by atoms with E-state index in [-0.39, 0.29) is 0 Å². The minimum Gasteiger partial charge on any atom is -0.354 e. The normalized spacial score (nSPS) is 12.5. The van der Waals surface area contributed by atoms with Gasteiger partial charge in [0.05, 0.1) is 0 Å². The maximum absolute atomic E-state index is 4.49. The Morgan fingerprint density at radius 1 is 1.47 bits per heavy atom. The molecule has 0 aromatic carbocycles. The van der Waals surface area contributed by atoms with Crippen molar-refractivity contribution in [2.45, 2.75) is 44.4 Å². The van der Waals surface area contributed by atoms with Crippen molar-refractivity contribution in [3.05, 3.63) is 11.8 Å². The number of nitrogens with one attached hydrogen (secondary N) is 1. The molecule has 0 fully saturated rings. The van der Waals surface area contributed by atoms with Gasteiger partial charge in [-0.1, -0.05) is 13.8 Å². The van der Waals surface area contributed by atoms with Gasteiger partial charge < -0.3 is 5.32 Å². The lowest BCUT2D eigenvalue weighted by Gasteiger charge is -2.10. The van der Waals surface area contributed by atoms with E-state index in [9.17, 15) is 0 Å². The third kappa shape index (κ3) is 3.70. The quantitative estimate of drug-likeness (QED) is 0.617. The van der Waals surface area contributed by atoms with Gasteiger partial charge in [0.15, 0.2) is 0 Å². The molecule has 1 aromatic rings. The van der Waals surface area contributed by atoms with Gasteiger partial charge in [-0.2, -0.15) is 0 Å². The lowest BCUT2D eigenvalue weighted by molar-refractivity contribution is 0.894. The van der Waals surface area contributed by atoms with E-state index in [1.54, 1.807) is 0 Å². The Kier molecular flexibility index (Phi) is 4.88. The topological polar surface area (TPSA) is 37.8 Å². The predicted molar refractivity (Wildman–Crippen MR) is 66.5 cm³/mol. The molecule has 1 N–H and O–H groups in total. The zero-order valence-electron chi connectivity index (χ0n) is 9.87. The first kappa shape index (κ1) is 12.3. The summed E-state index contributed by atoms with van der Waals surface area (Å²) < 4.78 is 0. The van der Waals surface area contributed by atoms with Gasteiger partial charge in [0, 0.05) is 18.0 Å². The smallest absolute Gasteiger partial charge is 0.223 e. The van der Waals surface area contributed by atoms with Gasteiger partial charge >= 0.3 is 0 Å². The summed E-state index contributed by atoms with van der Waals surface area (Å²) in [5.41, 5.74) is 1.15. The van der Waals surface area contributed by atoms with Crippen molar-refractivity contribution in [2.75, 3.05) is 11.9 Å². The van der Waals surface area contributed by atoms with Crippen LogP contribution in [0.2, 0.25) is 0 Å². The Labute approximate surface area is 96.1 Å². The Bertz CT molecular complexity index is 315. The fraction of sp³-hybridized carbons (Fsp3) is 0.636. The second kappa shape index (κ2) is 5.95. The van der Waals surface area contributed by atoms with Gasteiger partial charge in [-0.3, -0.25) is 0 Å². The SMILES string of the molecule is CCNc1ncc(C)c(SC(C)CC)n1. The molecule has 0 amide bonds. The van der Waals surface area contributed by atoms with E-state index < -0.39 is 0 Å². The van der Waals surface area contributed by atoms with Crippen LogP contribution in [0.5, 0.6) is 0 Å². The van der Waals surface area contributed by atoms with Crippen molar-refractivity contribution >= 4 is 17.7 Å². The predicted octanol–water partition coefficient (Wildman–Crippen LogP) is 3.11. The van der Waals surface area contributed by atoms with Crippen LogP contribution in [-0.2, 0) is 0 Å². The van der Waals surface area contributed by atoms with Gasteiger partial charge in [0.25, 0.3) is 0 Å². The molecule has 0 saturated carbocycles. The van der Waals surface area contributed by atoms with E-state index in [0.717, 1.165) is 29.5 Å². The van der Waals surface area contributed by atoms with Crippen molar-refractivity contribution in [3.8, 4) is 0 Å². The van der Waals surface area contributed by atoms with Crippen LogP contribution in [0.15, 0.2) is 11.2 Å². The molecule has 84 valence electrons. The van der Waals surface area contributed by atoms with Crippen molar-refractivity contribution in [1.82, 2.24) is 9.97 Å². The van der Waals surface area contributed by atoms with E-state index in [2.05, 4.69) is 36.1 Å². The van der Waals surface area contributed by atoms with Gasteiger partial charge in [0.1, 0.15) is 5.03 Å². The molecule has 0 aliphatic heterocycles. The summed E-state index contributed by atoms with van der Waals surface area (Å²) in [4.78, 5) is 8.72. The highest BCUT2D eigenvalue weighted by Gasteiger charge is 2.07. The Morgan fingerprint density at radius 2 is 2.20 bits per heavy atom. The second-order valence-corrected chi connectivity index (χ2v) is 4.98. The average Bonchev–Trinajstić information content (AvgIpc) is 2.23. The molecule has 15 heavy (non-hydrogen) atoms. The van der Waals surface area contributed by atoms with Crippen molar-refractivity contribution in [1.29, 1.82) is 0 Å². The number of nitrogens with zero attached hydrogens (tertiary/aromatic N) is 2. The van der Waals surface area contributed by atoms with Crippen LogP contribution in [0, 0.1) is 6.92 Å². The molecule has 0 bridgehead atoms. The molecule has 3 nitrogen and oxygen atoms in total. The van der Waals surface area contributed by atoms with Crippen LogP contribution in [-0.4, -0.2) is 21.8 Å². The zero-order chi connectivity index (χ0) is 11.3. The van der Waals surface area contributed by atoms with Crippen LogP contribution in [0.1, 0.15) is 32.8 Å². The van der Waals surface area contributed by atoms with Gasteiger partial charge in [0.2, 0.25) is 5.95 Å². The molecule has 1 rings (SSSR count). The first-order chi connectivity index (χ1) is 7.17. The maximum Gasteiger partial charge on any atom is 0.223 e. The van der Waals surface area contributed by atoms with E-state index in [1.807, 2.05) is 24.9 Å². The summed E-state index contributed by atoms with van der Waals surface area (Å²) >= 11 is 1.82. The summed E-state index contributed by atoms with van der Waals surface area (Å²) in [6, 6.07) is 0. The van der Waals surface area contributed by atoms with E-state index in [1.165, 1.54) is 0 Å². The number of aryl methyl sites for hydroxylation is 1. The summed E-state index contributed by atoms with van der Waals surface area (Å²) in [5.74, 6) is 0.730. The van der Waals surface area contributed by atoms with Crippen molar-refractivity contribution < 1.29 is 0 Å². The molecule has 4 heteroatoms. The van der Waals surface area contributed by atoms with Crippen LogP contribution < -0.4 is 5.32 Å². The minimum absolute atomic E-state index is 0.605. The Balaban J connectivity index is 2.80. The number of aromatic nitrogens is 2. The highest BCUT2D eigenvalue weighted by atomic mass is 32.2. The van der Waals surface area contributed by atoms with Crippen LogP contribution in [0.4, 0.5) is 5.95 Å². The number of anilines is 1. The van der Waals surface area contributed by atoms with E-state index >= 15 is 0 Å². The lowest BCUT2D eigenvalue weighted by atomic mass is 10.4. The van der Waals surface area contributed by atoms with Crippen molar-refractivity contribution in [3.63, 3.8) is 0 Å². The van der Waals surface area contributed by atoms with E-state index in [0.29, 0.717) is 5.25 Å². The number of rotatable bonds is 5. The fourth-order valence-corrected chi connectivity index (χ4v) is 1.99. The van der Waals surface area contributed by atoms with Crippen LogP contribution in [0.25, 0.3) is 0 Å². The molecule has 1 aromatic heterocycles. The Morgan fingerprint density at radius 3 is 2.80 bits per heavy atom. The Hall–Kier alpha value is -0.770. The minimum atomic E-state index is 0.605. The monoisotopic (exact) mass is 225 g/mol. The van der Waals surface area contributed by atoms with Gasteiger partial charge in [-0.05, 0) is 25.8 Å². The highest BCUT2D eigenvalue weighted by Crippen LogP contribution is 2.26. The third-order valence-electron chi connectivity index (χ3n) is 2.15. The van der Waals surface area contributed by atoms with Crippen molar-refractivity contribution in [2.24, 2.45) is 0 Å². The molecule has 0 radical (unpaired) electrons. The molecule has 1 heterocycles. The summed E-state index contributed by atoms with van der Waals surface area (Å²) in [5, 5.41) is 4.83. The van der Waals surface area contributed by atoms with Crippen LogP contribution >= 0.6 is 11.8 Å². The fourth-order valence-electron chi connectivity index (χ4n) is 1.06. The van der Waals surface area contributed by atoms with Gasteiger partial charge in [-0.15, -0.1) is 11.8 Å². The molecule has 0 aliphatic carbocycles. The lowest BCUT2D eigenvalue weighted by Crippen LogP contribution is -2.04. The molecule has 0 saturated heterocycles. The summed E-state index contributed by atoms with van der Waals surface area (Å²) in [6.07, 6.45) is 3.04. The second-order valence-electron chi connectivity index (χ2n) is 3.55. The highest BCUT2D eigenvalue weighted by molar-refractivity contribution is 7.99. The standard InChI is InChI=1S/C11H19N3S/c1-5-9(4)15-10-8(3)7-13-11(14-10)12-6-2/h7,9H,5-6H2,1-4H3,(H,12,13,14). The number of hydrogen-bond donors (Lipinski definition) is 1. The molecular weight excluding hydrogens is 206 g/mol. The maximum atomic E-state index is 4.49. The molecule has 0 aliphatic rings. The summed E-state index contributed by atoms with van der Waals surface area (Å²) in [7, 11) is 0. The third-order valence-corrected chi connectivity index (χ3v) is 3.52. The molecular formula is C11H19N3S. The number of hydrogen-bond acceptors (Lipinski definition) is 4. The molecule has 1 atom stereocenters. The van der Waals surface area contributed by atoms with Crippen LogP contribution in [0.3, 0.4) is 0 Å². The summed E-state index contributed by atoms with van der Waals surface area (Å²) in [6.45, 7) is 9.38. The average molecular weight is 225 g/mol. The first-order valence-corrected chi connectivity index (χ1v) is 6.29.